The molecule has 1 heterocycles. The molecule has 1 aromatic carbocycles. The minimum Gasteiger partial charge on any atom is -0.495 e. The maximum absolute atomic E-state index is 8.91. The number of nitrogens with zero attached hydrogens (tertiary/aromatic N) is 4. The molecule has 0 aliphatic heterocycles. The van der Waals surface area contributed by atoms with E-state index in [1.165, 1.54) is 0 Å². The number of hydrogen-bond acceptors (Lipinski definition) is 5. The number of hydrogen-bond donors (Lipinski definition) is 1. The minimum atomic E-state index is 0.577. The van der Waals surface area contributed by atoms with Gasteiger partial charge in [0.1, 0.15) is 5.75 Å². The number of anilines is 2. The normalized spacial score (nSPS) is 10.0. The Morgan fingerprint density at radius 3 is 2.76 bits per heavy atom. The highest BCUT2D eigenvalue weighted by Crippen LogP contribution is 2.26. The average molecular weight is 285 g/mol. The van der Waals surface area contributed by atoms with Crippen molar-refractivity contribution in [3.63, 3.8) is 0 Å². The summed E-state index contributed by atoms with van der Waals surface area (Å²) in [5.41, 5.74) is 2.49. The Bertz CT molecular complexity index is 669. The van der Waals surface area contributed by atoms with E-state index in [2.05, 4.69) is 16.4 Å². The molecule has 0 aliphatic rings. The second kappa shape index (κ2) is 6.18. The average Bonchev–Trinajstić information content (AvgIpc) is 2.86. The van der Waals surface area contributed by atoms with Crippen LogP contribution in [0.25, 0.3) is 0 Å². The lowest BCUT2D eigenvalue weighted by atomic mass is 10.2. The number of nitriles is 1. The highest BCUT2D eigenvalue weighted by molar-refractivity contribution is 5.59. The molecule has 6 nitrogen and oxygen atoms in total. The van der Waals surface area contributed by atoms with E-state index >= 15 is 0 Å². The van der Waals surface area contributed by atoms with Gasteiger partial charge in [-0.2, -0.15) is 5.26 Å². The van der Waals surface area contributed by atoms with Gasteiger partial charge in [0.2, 0.25) is 5.95 Å². The molecular formula is C15H19N5O. The molecule has 0 aliphatic carbocycles. The number of aromatic nitrogens is 2. The van der Waals surface area contributed by atoms with Gasteiger partial charge in [-0.15, -0.1) is 0 Å². The van der Waals surface area contributed by atoms with Crippen molar-refractivity contribution in [1.82, 2.24) is 9.55 Å². The van der Waals surface area contributed by atoms with Gasteiger partial charge in [0.25, 0.3) is 0 Å². The number of benzene rings is 1. The molecule has 0 bridgehead atoms. The third kappa shape index (κ3) is 3.08. The predicted octanol–water partition coefficient (Wildman–Crippen LogP) is 1.98. The summed E-state index contributed by atoms with van der Waals surface area (Å²) < 4.78 is 7.34. The topological polar surface area (TPSA) is 66.1 Å². The highest BCUT2D eigenvalue weighted by atomic mass is 16.5. The number of imidazole rings is 1. The van der Waals surface area contributed by atoms with Gasteiger partial charge in [-0.3, -0.25) is 0 Å². The molecule has 0 amide bonds. The van der Waals surface area contributed by atoms with Crippen molar-refractivity contribution in [3.05, 3.63) is 35.7 Å². The van der Waals surface area contributed by atoms with E-state index in [0.29, 0.717) is 17.9 Å². The van der Waals surface area contributed by atoms with E-state index in [1.54, 1.807) is 19.2 Å². The van der Waals surface area contributed by atoms with Crippen LogP contribution >= 0.6 is 0 Å². The van der Waals surface area contributed by atoms with Crippen molar-refractivity contribution >= 4 is 11.6 Å². The van der Waals surface area contributed by atoms with Gasteiger partial charge >= 0.3 is 0 Å². The highest BCUT2D eigenvalue weighted by Gasteiger charge is 2.09. The molecule has 0 spiro atoms. The van der Waals surface area contributed by atoms with E-state index in [9.17, 15) is 0 Å². The Balaban J connectivity index is 2.15. The molecule has 2 aromatic rings. The fourth-order valence-corrected chi connectivity index (χ4v) is 2.11. The van der Waals surface area contributed by atoms with Crippen LogP contribution in [0.4, 0.5) is 11.6 Å². The number of ether oxygens (including phenoxy) is 1. The predicted molar refractivity (Wildman–Crippen MR) is 82.6 cm³/mol. The first-order chi connectivity index (χ1) is 10.1. The summed E-state index contributed by atoms with van der Waals surface area (Å²) in [7, 11) is 7.50. The van der Waals surface area contributed by atoms with Gasteiger partial charge < -0.3 is 19.5 Å². The summed E-state index contributed by atoms with van der Waals surface area (Å²) >= 11 is 0. The smallest absolute Gasteiger partial charge is 0.204 e. The summed E-state index contributed by atoms with van der Waals surface area (Å²) in [5, 5.41) is 12.2. The summed E-state index contributed by atoms with van der Waals surface area (Å²) in [6, 6.07) is 7.43. The summed E-state index contributed by atoms with van der Waals surface area (Å²) in [6.07, 6.45) is 1.85. The standard InChI is InChI=1S/C15H19N5O/c1-19(2)15-18-10-12(20(15)3)9-17-13-6-5-11(8-16)7-14(13)21-4/h5-7,10,17H,9H2,1-4H3. The lowest BCUT2D eigenvalue weighted by molar-refractivity contribution is 0.416. The van der Waals surface area contributed by atoms with Crippen LogP contribution in [-0.4, -0.2) is 30.8 Å². The maximum Gasteiger partial charge on any atom is 0.204 e. The fraction of sp³-hybridized carbons (Fsp3) is 0.333. The zero-order valence-corrected chi connectivity index (χ0v) is 12.7. The van der Waals surface area contributed by atoms with E-state index in [4.69, 9.17) is 10.00 Å². The molecule has 0 radical (unpaired) electrons. The first-order valence-electron chi connectivity index (χ1n) is 6.56. The monoisotopic (exact) mass is 285 g/mol. The van der Waals surface area contributed by atoms with Crippen LogP contribution < -0.4 is 15.0 Å². The van der Waals surface area contributed by atoms with Gasteiger partial charge in [-0.1, -0.05) is 0 Å². The van der Waals surface area contributed by atoms with Gasteiger partial charge in [0, 0.05) is 27.2 Å². The molecule has 110 valence electrons. The molecule has 0 saturated heterocycles. The third-order valence-corrected chi connectivity index (χ3v) is 3.25. The molecule has 0 saturated carbocycles. The Morgan fingerprint density at radius 1 is 1.43 bits per heavy atom. The Kier molecular flexibility index (Phi) is 4.33. The number of methoxy groups -OCH3 is 1. The van der Waals surface area contributed by atoms with Crippen LogP contribution in [0.2, 0.25) is 0 Å². The zero-order valence-electron chi connectivity index (χ0n) is 12.7. The van der Waals surface area contributed by atoms with Gasteiger partial charge in [0.15, 0.2) is 0 Å². The van der Waals surface area contributed by atoms with Crippen molar-refractivity contribution < 1.29 is 4.74 Å². The fourth-order valence-electron chi connectivity index (χ4n) is 2.11. The first-order valence-corrected chi connectivity index (χ1v) is 6.56. The molecule has 0 unspecified atom stereocenters. The summed E-state index contributed by atoms with van der Waals surface area (Å²) in [5.74, 6) is 1.56. The molecule has 0 fully saturated rings. The van der Waals surface area contributed by atoms with Crippen LogP contribution in [0.1, 0.15) is 11.3 Å². The first kappa shape index (κ1) is 14.7. The SMILES string of the molecule is COc1cc(C#N)ccc1NCc1cnc(N(C)C)n1C. The molecule has 0 atom stereocenters. The Morgan fingerprint density at radius 2 is 2.19 bits per heavy atom. The van der Waals surface area contributed by atoms with Crippen molar-refractivity contribution in [1.29, 1.82) is 5.26 Å². The van der Waals surface area contributed by atoms with Crippen LogP contribution in [0, 0.1) is 11.3 Å². The molecule has 1 aromatic heterocycles. The van der Waals surface area contributed by atoms with E-state index in [0.717, 1.165) is 17.3 Å². The van der Waals surface area contributed by atoms with Crippen LogP contribution in [0.3, 0.4) is 0 Å². The molecule has 21 heavy (non-hydrogen) atoms. The largest absolute Gasteiger partial charge is 0.495 e. The second-order valence-electron chi connectivity index (χ2n) is 4.88. The van der Waals surface area contributed by atoms with Crippen LogP contribution in [-0.2, 0) is 13.6 Å². The maximum atomic E-state index is 8.91. The number of rotatable bonds is 5. The van der Waals surface area contributed by atoms with Crippen LogP contribution in [0.15, 0.2) is 24.4 Å². The minimum absolute atomic E-state index is 0.577. The molecular weight excluding hydrogens is 266 g/mol. The lowest BCUT2D eigenvalue weighted by Crippen LogP contribution is -2.15. The van der Waals surface area contributed by atoms with E-state index < -0.39 is 0 Å². The van der Waals surface area contributed by atoms with Gasteiger partial charge in [-0.25, -0.2) is 4.98 Å². The van der Waals surface area contributed by atoms with Crippen molar-refractivity contribution in [3.8, 4) is 11.8 Å². The van der Waals surface area contributed by atoms with E-state index in [-0.39, 0.29) is 0 Å². The quantitative estimate of drug-likeness (QED) is 0.910. The number of nitrogens with one attached hydrogen (secondary N) is 1. The van der Waals surface area contributed by atoms with Crippen molar-refractivity contribution in [2.24, 2.45) is 7.05 Å². The third-order valence-electron chi connectivity index (χ3n) is 3.25. The molecule has 6 heteroatoms. The molecule has 1 N–H and O–H groups in total. The van der Waals surface area contributed by atoms with Crippen LogP contribution in [0.5, 0.6) is 5.75 Å². The zero-order chi connectivity index (χ0) is 15.4. The van der Waals surface area contributed by atoms with Gasteiger partial charge in [-0.05, 0) is 12.1 Å². The molecule has 2 rings (SSSR count). The summed E-state index contributed by atoms with van der Waals surface area (Å²) in [4.78, 5) is 6.34. The Labute approximate surface area is 124 Å². The summed E-state index contributed by atoms with van der Waals surface area (Å²) in [6.45, 7) is 0.625. The lowest BCUT2D eigenvalue weighted by Gasteiger charge is -2.14. The van der Waals surface area contributed by atoms with Crippen molar-refractivity contribution in [2.75, 3.05) is 31.4 Å². The van der Waals surface area contributed by atoms with Crippen molar-refractivity contribution in [2.45, 2.75) is 6.54 Å². The second-order valence-corrected chi connectivity index (χ2v) is 4.88. The van der Waals surface area contributed by atoms with E-state index in [1.807, 2.05) is 42.9 Å². The Hall–Kier alpha value is -2.68. The van der Waals surface area contributed by atoms with Gasteiger partial charge in [0.05, 0.1) is 42.9 Å².